The number of carbonyl (C=O) groups is 1. The van der Waals surface area contributed by atoms with Crippen LogP contribution in [0.5, 0.6) is 0 Å². The maximum atomic E-state index is 12.4. The maximum Gasteiger partial charge on any atom is 0.248 e. The number of ether oxygens (including phenoxy) is 1. The highest BCUT2D eigenvalue weighted by atomic mass is 32.2. The zero-order valence-corrected chi connectivity index (χ0v) is 17.9. The fourth-order valence-corrected chi connectivity index (χ4v) is 4.20. The van der Waals surface area contributed by atoms with E-state index in [0.29, 0.717) is 23.4 Å². The van der Waals surface area contributed by atoms with E-state index in [1.807, 2.05) is 6.07 Å². The Morgan fingerprint density at radius 2 is 1.80 bits per heavy atom. The van der Waals surface area contributed by atoms with Crippen LogP contribution in [0.4, 0.5) is 5.69 Å². The number of fused-ring (bicyclic) bond motifs is 1. The molecule has 0 aliphatic heterocycles. The van der Waals surface area contributed by atoms with Crippen LogP contribution in [-0.4, -0.2) is 31.7 Å². The third kappa shape index (κ3) is 4.77. The predicted molar refractivity (Wildman–Crippen MR) is 116 cm³/mol. The van der Waals surface area contributed by atoms with E-state index in [1.54, 1.807) is 45.2 Å². The zero-order chi connectivity index (χ0) is 21.9. The minimum absolute atomic E-state index is 0.0975. The lowest BCUT2D eigenvalue weighted by molar-refractivity contribution is -0.115. The molecule has 8 heteroatoms. The molecule has 0 saturated heterocycles. The first kappa shape index (κ1) is 21.7. The van der Waals surface area contributed by atoms with E-state index in [4.69, 9.17) is 4.74 Å². The molecule has 1 heterocycles. The highest BCUT2D eigenvalue weighted by Crippen LogP contribution is 2.21. The summed E-state index contributed by atoms with van der Waals surface area (Å²) in [5.74, 6) is -0.246. The van der Waals surface area contributed by atoms with Crippen molar-refractivity contribution in [1.82, 2.24) is 4.98 Å². The molecule has 0 radical (unpaired) electrons. The van der Waals surface area contributed by atoms with Crippen molar-refractivity contribution in [1.29, 1.82) is 0 Å². The molecule has 3 aromatic rings. The summed E-state index contributed by atoms with van der Waals surface area (Å²) in [6, 6.07) is 13.1. The highest BCUT2D eigenvalue weighted by molar-refractivity contribution is 7.92. The first-order valence-corrected chi connectivity index (χ1v) is 11.0. The van der Waals surface area contributed by atoms with Gasteiger partial charge in [-0.1, -0.05) is 18.2 Å². The van der Waals surface area contributed by atoms with Crippen LogP contribution in [0.1, 0.15) is 25.0 Å². The molecule has 158 valence electrons. The smallest absolute Gasteiger partial charge is 0.248 e. The van der Waals surface area contributed by atoms with Crippen molar-refractivity contribution in [2.24, 2.45) is 0 Å². The van der Waals surface area contributed by atoms with Gasteiger partial charge in [-0.15, -0.1) is 0 Å². The van der Waals surface area contributed by atoms with Gasteiger partial charge in [-0.25, -0.2) is 8.42 Å². The molecule has 30 heavy (non-hydrogen) atoms. The molecule has 0 aliphatic carbocycles. The molecule has 3 rings (SSSR count). The number of aromatic nitrogens is 1. The molecule has 0 bridgehead atoms. The van der Waals surface area contributed by atoms with Crippen LogP contribution in [0.25, 0.3) is 10.9 Å². The van der Waals surface area contributed by atoms with E-state index in [9.17, 15) is 18.0 Å². The van der Waals surface area contributed by atoms with E-state index >= 15 is 0 Å². The standard InChI is InChI=1S/C22H24N2O5S/c1-14(2)30(27,28)18-7-4-15(5-8-18)10-21(25)23-17-6-9-19-16(13-29-3)11-22(26)24-20(19)12-17/h4-9,11-12,14H,10,13H2,1-3H3,(H,23,25)(H,24,26). The molecule has 0 unspecified atom stereocenters. The summed E-state index contributed by atoms with van der Waals surface area (Å²) in [5.41, 5.74) is 2.39. The van der Waals surface area contributed by atoms with E-state index < -0.39 is 15.1 Å². The number of H-pyrrole nitrogens is 1. The fourth-order valence-electron chi connectivity index (χ4n) is 3.14. The van der Waals surface area contributed by atoms with Gasteiger partial charge in [0.25, 0.3) is 0 Å². The average Bonchev–Trinajstić information content (AvgIpc) is 2.68. The van der Waals surface area contributed by atoms with Gasteiger partial charge in [0.2, 0.25) is 11.5 Å². The number of carbonyl (C=O) groups excluding carboxylic acids is 1. The number of anilines is 1. The van der Waals surface area contributed by atoms with Crippen molar-refractivity contribution in [2.75, 3.05) is 12.4 Å². The summed E-state index contributed by atoms with van der Waals surface area (Å²) in [6.45, 7) is 3.58. The molecule has 1 amide bonds. The van der Waals surface area contributed by atoms with Crippen LogP contribution >= 0.6 is 0 Å². The number of hydrogen-bond donors (Lipinski definition) is 2. The minimum Gasteiger partial charge on any atom is -0.380 e. The minimum atomic E-state index is -3.34. The van der Waals surface area contributed by atoms with Crippen molar-refractivity contribution in [3.8, 4) is 0 Å². The second-order valence-electron chi connectivity index (χ2n) is 7.31. The molecule has 2 aromatic carbocycles. The van der Waals surface area contributed by atoms with Gasteiger partial charge in [0.05, 0.1) is 28.7 Å². The van der Waals surface area contributed by atoms with Gasteiger partial charge >= 0.3 is 0 Å². The number of pyridine rings is 1. The lowest BCUT2D eigenvalue weighted by Crippen LogP contribution is -2.16. The molecule has 0 atom stereocenters. The van der Waals surface area contributed by atoms with Crippen LogP contribution in [0, 0.1) is 0 Å². The van der Waals surface area contributed by atoms with Gasteiger partial charge in [0.1, 0.15) is 0 Å². The van der Waals surface area contributed by atoms with E-state index in [-0.39, 0.29) is 22.8 Å². The van der Waals surface area contributed by atoms with Crippen molar-refractivity contribution >= 4 is 32.3 Å². The normalized spacial score (nSPS) is 11.7. The summed E-state index contributed by atoms with van der Waals surface area (Å²) < 4.78 is 29.5. The molecule has 2 N–H and O–H groups in total. The monoisotopic (exact) mass is 428 g/mol. The van der Waals surface area contributed by atoms with Gasteiger partial charge in [-0.2, -0.15) is 0 Å². The molecular formula is C22H24N2O5S. The lowest BCUT2D eigenvalue weighted by atomic mass is 10.1. The Kier molecular flexibility index (Phi) is 6.38. The number of sulfone groups is 1. The highest BCUT2D eigenvalue weighted by Gasteiger charge is 2.19. The van der Waals surface area contributed by atoms with Crippen LogP contribution in [0.15, 0.2) is 58.2 Å². The molecule has 1 aromatic heterocycles. The van der Waals surface area contributed by atoms with E-state index in [0.717, 1.165) is 10.9 Å². The Morgan fingerprint density at radius 3 is 2.43 bits per heavy atom. The summed E-state index contributed by atoms with van der Waals surface area (Å²) >= 11 is 0. The maximum absolute atomic E-state index is 12.4. The van der Waals surface area contributed by atoms with Crippen molar-refractivity contribution in [3.05, 3.63) is 70.0 Å². The number of methoxy groups -OCH3 is 1. The summed E-state index contributed by atoms with van der Waals surface area (Å²) in [6.07, 6.45) is 0.0975. The Bertz CT molecular complexity index is 1230. The molecule has 0 spiro atoms. The van der Waals surface area contributed by atoms with Gasteiger partial charge < -0.3 is 15.0 Å². The number of amides is 1. The topological polar surface area (TPSA) is 105 Å². The number of hydrogen-bond acceptors (Lipinski definition) is 5. The SMILES string of the molecule is COCc1cc(=O)[nH]c2cc(NC(=O)Cc3ccc(S(=O)(=O)C(C)C)cc3)ccc12. The Labute approximate surface area is 175 Å². The van der Waals surface area contributed by atoms with Gasteiger partial charge in [-0.3, -0.25) is 9.59 Å². The number of rotatable bonds is 7. The number of benzene rings is 2. The Balaban J connectivity index is 1.75. The molecule has 0 fully saturated rings. The number of aromatic amines is 1. The first-order chi connectivity index (χ1) is 14.2. The van der Waals surface area contributed by atoms with Crippen LogP contribution in [0.2, 0.25) is 0 Å². The summed E-state index contributed by atoms with van der Waals surface area (Å²) in [5, 5.41) is 3.15. The average molecular weight is 429 g/mol. The molecule has 0 aliphatic rings. The predicted octanol–water partition coefficient (Wildman–Crippen LogP) is 3.04. The van der Waals surface area contributed by atoms with E-state index in [2.05, 4.69) is 10.3 Å². The van der Waals surface area contributed by atoms with Gasteiger partial charge in [0.15, 0.2) is 9.84 Å². The van der Waals surface area contributed by atoms with E-state index in [1.165, 1.54) is 18.2 Å². The third-order valence-electron chi connectivity index (χ3n) is 4.75. The molecule has 7 nitrogen and oxygen atoms in total. The second kappa shape index (κ2) is 8.81. The van der Waals surface area contributed by atoms with Gasteiger partial charge in [0, 0.05) is 24.2 Å². The second-order valence-corrected chi connectivity index (χ2v) is 9.82. The number of nitrogens with one attached hydrogen (secondary N) is 2. The molecule has 0 saturated carbocycles. The quantitative estimate of drug-likeness (QED) is 0.602. The fraction of sp³-hybridized carbons (Fsp3) is 0.273. The van der Waals surface area contributed by atoms with Crippen molar-refractivity contribution in [2.45, 2.75) is 37.0 Å². The first-order valence-electron chi connectivity index (χ1n) is 9.48. The van der Waals surface area contributed by atoms with Crippen LogP contribution < -0.4 is 10.9 Å². The summed E-state index contributed by atoms with van der Waals surface area (Å²) in [4.78, 5) is 27.3. The van der Waals surface area contributed by atoms with Crippen LogP contribution in [-0.2, 0) is 32.4 Å². The van der Waals surface area contributed by atoms with Crippen LogP contribution in [0.3, 0.4) is 0 Å². The van der Waals surface area contributed by atoms with Gasteiger partial charge in [-0.05, 0) is 49.2 Å². The van der Waals surface area contributed by atoms with Crippen molar-refractivity contribution < 1.29 is 17.9 Å². The molecular weight excluding hydrogens is 404 g/mol. The van der Waals surface area contributed by atoms with Crippen molar-refractivity contribution in [3.63, 3.8) is 0 Å². The third-order valence-corrected chi connectivity index (χ3v) is 6.92. The lowest BCUT2D eigenvalue weighted by Gasteiger charge is -2.10. The largest absolute Gasteiger partial charge is 0.380 e. The summed E-state index contributed by atoms with van der Waals surface area (Å²) in [7, 11) is -1.78. The zero-order valence-electron chi connectivity index (χ0n) is 17.1. The Hall–Kier alpha value is -2.97. The Morgan fingerprint density at radius 1 is 1.10 bits per heavy atom.